The molecule has 0 fully saturated rings. The molecule has 126 valence electrons. The van der Waals surface area contributed by atoms with Crippen molar-refractivity contribution in [2.24, 2.45) is 0 Å². The molecule has 0 bridgehead atoms. The first-order valence-electron chi connectivity index (χ1n) is 7.71. The van der Waals surface area contributed by atoms with E-state index in [2.05, 4.69) is 15.6 Å². The van der Waals surface area contributed by atoms with Crippen LogP contribution in [0.25, 0.3) is 0 Å². The first-order chi connectivity index (χ1) is 11.6. The zero-order valence-corrected chi connectivity index (χ0v) is 13.8. The van der Waals surface area contributed by atoms with Crippen LogP contribution in [0.3, 0.4) is 0 Å². The second-order valence-corrected chi connectivity index (χ2v) is 5.30. The van der Waals surface area contributed by atoms with Crippen molar-refractivity contribution in [1.82, 2.24) is 10.3 Å². The zero-order valence-electron chi connectivity index (χ0n) is 13.8. The number of methoxy groups -OCH3 is 1. The third-order valence-electron chi connectivity index (χ3n) is 3.92. The molecule has 2 aromatic rings. The van der Waals surface area contributed by atoms with Crippen LogP contribution in [0.15, 0.2) is 54.9 Å². The van der Waals surface area contributed by atoms with Gasteiger partial charge >= 0.3 is 11.8 Å². The molecular weight excluding hydrogens is 306 g/mol. The molecule has 24 heavy (non-hydrogen) atoms. The minimum absolute atomic E-state index is 0.198. The Morgan fingerprint density at radius 3 is 2.46 bits per heavy atom. The van der Waals surface area contributed by atoms with Gasteiger partial charge in [-0.25, -0.2) is 0 Å². The van der Waals surface area contributed by atoms with Crippen molar-refractivity contribution in [1.29, 1.82) is 0 Å². The largest absolute Gasteiger partial charge is 0.372 e. The first kappa shape index (κ1) is 17.6. The highest BCUT2D eigenvalue weighted by atomic mass is 16.5. The van der Waals surface area contributed by atoms with Crippen LogP contribution in [0.5, 0.6) is 0 Å². The topological polar surface area (TPSA) is 80.3 Å². The highest BCUT2D eigenvalue weighted by Crippen LogP contribution is 2.27. The number of ether oxygens (including phenoxy) is 1. The van der Waals surface area contributed by atoms with Gasteiger partial charge in [0.05, 0.1) is 18.4 Å². The molecule has 1 atom stereocenters. The van der Waals surface area contributed by atoms with Crippen molar-refractivity contribution in [3.05, 3.63) is 60.4 Å². The van der Waals surface area contributed by atoms with Crippen molar-refractivity contribution in [2.75, 3.05) is 19.0 Å². The number of carbonyl (C=O) groups excluding carboxylic acids is 2. The summed E-state index contributed by atoms with van der Waals surface area (Å²) in [4.78, 5) is 27.9. The fourth-order valence-electron chi connectivity index (χ4n) is 2.44. The van der Waals surface area contributed by atoms with Crippen molar-refractivity contribution in [3.63, 3.8) is 0 Å². The molecular formula is C18H21N3O3. The van der Waals surface area contributed by atoms with E-state index in [-0.39, 0.29) is 6.54 Å². The van der Waals surface area contributed by atoms with Crippen molar-refractivity contribution in [3.8, 4) is 0 Å². The molecule has 0 saturated heterocycles. The Bertz CT molecular complexity index is 670. The Morgan fingerprint density at radius 1 is 1.12 bits per heavy atom. The van der Waals surface area contributed by atoms with E-state index in [1.807, 2.05) is 37.3 Å². The number of nitrogens with one attached hydrogen (secondary N) is 2. The third kappa shape index (κ3) is 4.17. The lowest BCUT2D eigenvalue weighted by molar-refractivity contribution is -0.137. The fourth-order valence-corrected chi connectivity index (χ4v) is 2.44. The monoisotopic (exact) mass is 327 g/mol. The fraction of sp³-hybridized carbons (Fsp3) is 0.278. The minimum Gasteiger partial charge on any atom is -0.372 e. The minimum atomic E-state index is -0.739. The standard InChI is InChI=1S/C18H21N3O3/c1-3-18(24-2,14-8-5-4-6-9-14)13-20-16(22)17(23)21-15-10-7-11-19-12-15/h4-12H,3,13H2,1-2H3,(H,20,22)(H,21,23)/t18-/m0/s1. The van der Waals surface area contributed by atoms with Crippen molar-refractivity contribution >= 4 is 17.5 Å². The van der Waals surface area contributed by atoms with Gasteiger partial charge < -0.3 is 15.4 Å². The van der Waals surface area contributed by atoms with E-state index >= 15 is 0 Å². The normalized spacial score (nSPS) is 12.9. The lowest BCUT2D eigenvalue weighted by atomic mass is 9.90. The maximum atomic E-state index is 12.1. The summed E-state index contributed by atoms with van der Waals surface area (Å²) in [6, 6.07) is 13.0. The predicted molar refractivity (Wildman–Crippen MR) is 91.3 cm³/mol. The molecule has 0 aliphatic carbocycles. The van der Waals surface area contributed by atoms with Crippen LogP contribution in [0.4, 0.5) is 5.69 Å². The number of nitrogens with zero attached hydrogens (tertiary/aromatic N) is 1. The maximum absolute atomic E-state index is 12.1. The smallest absolute Gasteiger partial charge is 0.313 e. The average Bonchev–Trinajstić information content (AvgIpc) is 2.64. The van der Waals surface area contributed by atoms with Gasteiger partial charge in [-0.1, -0.05) is 37.3 Å². The van der Waals surface area contributed by atoms with Gasteiger partial charge in [0.2, 0.25) is 0 Å². The SMILES string of the molecule is CC[C@@](CNC(=O)C(=O)Nc1cccnc1)(OC)c1ccccc1. The molecule has 0 spiro atoms. The Kier molecular flexibility index (Phi) is 6.03. The molecule has 2 N–H and O–H groups in total. The summed E-state index contributed by atoms with van der Waals surface area (Å²) >= 11 is 0. The highest BCUT2D eigenvalue weighted by molar-refractivity contribution is 6.39. The van der Waals surface area contributed by atoms with Gasteiger partial charge in [-0.15, -0.1) is 0 Å². The number of carbonyl (C=O) groups is 2. The number of hydrogen-bond donors (Lipinski definition) is 2. The molecule has 1 heterocycles. The summed E-state index contributed by atoms with van der Waals surface area (Å²) in [6.45, 7) is 2.17. The zero-order chi connectivity index (χ0) is 17.4. The number of rotatable bonds is 6. The van der Waals surface area contributed by atoms with Crippen LogP contribution in [-0.4, -0.2) is 30.5 Å². The summed E-state index contributed by atoms with van der Waals surface area (Å²) in [6.07, 6.45) is 3.71. The van der Waals surface area contributed by atoms with Gasteiger partial charge in [-0.2, -0.15) is 0 Å². The number of anilines is 1. The Hall–Kier alpha value is -2.73. The van der Waals surface area contributed by atoms with Gasteiger partial charge in [0.25, 0.3) is 0 Å². The van der Waals surface area contributed by atoms with E-state index in [1.54, 1.807) is 25.4 Å². The van der Waals surface area contributed by atoms with E-state index in [4.69, 9.17) is 4.74 Å². The second kappa shape index (κ2) is 8.21. The van der Waals surface area contributed by atoms with Crippen LogP contribution in [0.1, 0.15) is 18.9 Å². The molecule has 0 aliphatic heterocycles. The number of benzene rings is 1. The summed E-state index contributed by atoms with van der Waals surface area (Å²) in [5.41, 5.74) is 0.739. The third-order valence-corrected chi connectivity index (χ3v) is 3.92. The predicted octanol–water partition coefficient (Wildman–Crippen LogP) is 2.09. The molecule has 0 aliphatic rings. The van der Waals surface area contributed by atoms with Crippen LogP contribution in [-0.2, 0) is 19.9 Å². The molecule has 0 saturated carbocycles. The molecule has 6 heteroatoms. The number of pyridine rings is 1. The van der Waals surface area contributed by atoms with Crippen LogP contribution >= 0.6 is 0 Å². The van der Waals surface area contributed by atoms with Crippen LogP contribution in [0, 0.1) is 0 Å². The van der Waals surface area contributed by atoms with Crippen molar-refractivity contribution in [2.45, 2.75) is 18.9 Å². The van der Waals surface area contributed by atoms with E-state index < -0.39 is 17.4 Å². The maximum Gasteiger partial charge on any atom is 0.313 e. The lowest BCUT2D eigenvalue weighted by Gasteiger charge is -2.32. The Balaban J connectivity index is 2.01. The molecule has 1 aromatic heterocycles. The van der Waals surface area contributed by atoms with Gasteiger partial charge in [0, 0.05) is 13.3 Å². The number of aromatic nitrogens is 1. The van der Waals surface area contributed by atoms with Crippen molar-refractivity contribution < 1.29 is 14.3 Å². The summed E-state index contributed by atoms with van der Waals surface area (Å²) in [7, 11) is 1.60. The van der Waals surface area contributed by atoms with Gasteiger partial charge in [0.15, 0.2) is 0 Å². The summed E-state index contributed by atoms with van der Waals surface area (Å²) in [5.74, 6) is -1.46. The molecule has 2 rings (SSSR count). The molecule has 0 unspecified atom stereocenters. The van der Waals surface area contributed by atoms with Gasteiger partial charge in [-0.3, -0.25) is 14.6 Å². The molecule has 0 radical (unpaired) electrons. The summed E-state index contributed by atoms with van der Waals surface area (Å²) in [5, 5.41) is 5.15. The quantitative estimate of drug-likeness (QED) is 0.796. The highest BCUT2D eigenvalue weighted by Gasteiger charge is 2.31. The van der Waals surface area contributed by atoms with Crippen LogP contribution in [0.2, 0.25) is 0 Å². The van der Waals surface area contributed by atoms with Gasteiger partial charge in [-0.05, 0) is 24.1 Å². The van der Waals surface area contributed by atoms with E-state index in [0.29, 0.717) is 12.1 Å². The number of hydrogen-bond acceptors (Lipinski definition) is 4. The first-order valence-corrected chi connectivity index (χ1v) is 7.71. The molecule has 6 nitrogen and oxygen atoms in total. The summed E-state index contributed by atoms with van der Waals surface area (Å²) < 4.78 is 5.67. The van der Waals surface area contributed by atoms with E-state index in [1.165, 1.54) is 6.20 Å². The second-order valence-electron chi connectivity index (χ2n) is 5.30. The van der Waals surface area contributed by atoms with Crippen LogP contribution < -0.4 is 10.6 Å². The lowest BCUT2D eigenvalue weighted by Crippen LogP contribution is -2.45. The van der Waals surface area contributed by atoms with E-state index in [9.17, 15) is 9.59 Å². The molecule has 2 amide bonds. The number of amides is 2. The van der Waals surface area contributed by atoms with Gasteiger partial charge in [0.1, 0.15) is 5.60 Å². The Labute approximate surface area is 141 Å². The molecule has 1 aromatic carbocycles. The average molecular weight is 327 g/mol. The Morgan fingerprint density at radius 2 is 1.88 bits per heavy atom. The van der Waals surface area contributed by atoms with E-state index in [0.717, 1.165) is 5.56 Å².